The standard InChI is InChI=1S/C13H21NO2/c1-9(2)5-4-6-10-7-12(15)13(16)8-11(10)14-3/h7-10,14-15H,4-6H2,1-3H3. The van der Waals surface area contributed by atoms with E-state index < -0.39 is 0 Å². The van der Waals surface area contributed by atoms with Crippen LogP contribution in [0.5, 0.6) is 0 Å². The summed E-state index contributed by atoms with van der Waals surface area (Å²) < 4.78 is 0. The fourth-order valence-corrected chi connectivity index (χ4v) is 1.93. The Morgan fingerprint density at radius 1 is 1.50 bits per heavy atom. The first-order chi connectivity index (χ1) is 7.54. The van der Waals surface area contributed by atoms with Gasteiger partial charge in [-0.3, -0.25) is 4.79 Å². The zero-order chi connectivity index (χ0) is 12.1. The summed E-state index contributed by atoms with van der Waals surface area (Å²) in [4.78, 5) is 11.3. The Bertz CT molecular complexity index is 316. The lowest BCUT2D eigenvalue weighted by atomic mass is 9.91. The molecule has 0 radical (unpaired) electrons. The third kappa shape index (κ3) is 3.40. The molecule has 0 heterocycles. The van der Waals surface area contributed by atoms with Crippen molar-refractivity contribution >= 4 is 5.78 Å². The molecule has 2 N–H and O–H groups in total. The van der Waals surface area contributed by atoms with E-state index in [1.165, 1.54) is 12.5 Å². The average Bonchev–Trinajstić information content (AvgIpc) is 2.22. The van der Waals surface area contributed by atoms with Crippen LogP contribution in [0.1, 0.15) is 33.1 Å². The van der Waals surface area contributed by atoms with Gasteiger partial charge in [-0.25, -0.2) is 0 Å². The summed E-state index contributed by atoms with van der Waals surface area (Å²) in [6.07, 6.45) is 6.42. The highest BCUT2D eigenvalue weighted by Gasteiger charge is 2.20. The lowest BCUT2D eigenvalue weighted by Gasteiger charge is -2.20. The van der Waals surface area contributed by atoms with E-state index in [-0.39, 0.29) is 17.5 Å². The van der Waals surface area contributed by atoms with Crippen molar-refractivity contribution in [1.82, 2.24) is 5.32 Å². The highest BCUT2D eigenvalue weighted by Crippen LogP contribution is 2.24. The zero-order valence-corrected chi connectivity index (χ0v) is 10.3. The monoisotopic (exact) mass is 223 g/mol. The second-order valence-electron chi connectivity index (χ2n) is 4.70. The molecule has 0 amide bonds. The molecule has 1 atom stereocenters. The van der Waals surface area contributed by atoms with E-state index in [9.17, 15) is 9.90 Å². The summed E-state index contributed by atoms with van der Waals surface area (Å²) in [5, 5.41) is 12.4. The number of hydrogen-bond acceptors (Lipinski definition) is 3. The van der Waals surface area contributed by atoms with E-state index in [1.54, 1.807) is 6.08 Å². The van der Waals surface area contributed by atoms with Crippen LogP contribution in [-0.2, 0) is 4.79 Å². The van der Waals surface area contributed by atoms with E-state index in [0.29, 0.717) is 5.92 Å². The largest absolute Gasteiger partial charge is 0.504 e. The normalized spacial score (nSPS) is 20.8. The number of allylic oxidation sites excluding steroid dienone is 2. The van der Waals surface area contributed by atoms with E-state index in [0.717, 1.165) is 18.5 Å². The minimum absolute atomic E-state index is 0.117. The first kappa shape index (κ1) is 12.8. The van der Waals surface area contributed by atoms with Crippen LogP contribution in [0.3, 0.4) is 0 Å². The number of aliphatic hydroxyl groups is 1. The van der Waals surface area contributed by atoms with Crippen molar-refractivity contribution in [2.75, 3.05) is 7.05 Å². The van der Waals surface area contributed by atoms with Gasteiger partial charge in [-0.05, 0) is 18.4 Å². The highest BCUT2D eigenvalue weighted by molar-refractivity contribution is 6.03. The molecule has 1 unspecified atom stereocenters. The molecule has 1 aliphatic rings. The number of carbonyl (C=O) groups is 1. The molecule has 3 heteroatoms. The summed E-state index contributed by atoms with van der Waals surface area (Å²) in [6.45, 7) is 4.40. The lowest BCUT2D eigenvalue weighted by molar-refractivity contribution is -0.113. The first-order valence-electron chi connectivity index (χ1n) is 5.89. The van der Waals surface area contributed by atoms with E-state index in [1.807, 2.05) is 7.05 Å². The molecule has 0 aromatic heterocycles. The quantitative estimate of drug-likeness (QED) is 0.753. The van der Waals surface area contributed by atoms with E-state index >= 15 is 0 Å². The van der Waals surface area contributed by atoms with Crippen molar-refractivity contribution in [3.05, 3.63) is 23.6 Å². The molecule has 16 heavy (non-hydrogen) atoms. The highest BCUT2D eigenvalue weighted by atomic mass is 16.3. The first-order valence-corrected chi connectivity index (χ1v) is 5.89. The van der Waals surface area contributed by atoms with Gasteiger partial charge in [0.1, 0.15) is 0 Å². The van der Waals surface area contributed by atoms with Gasteiger partial charge in [-0.1, -0.05) is 26.7 Å². The van der Waals surface area contributed by atoms with Crippen molar-refractivity contribution in [1.29, 1.82) is 0 Å². The van der Waals surface area contributed by atoms with Crippen LogP contribution in [0.25, 0.3) is 0 Å². The smallest absolute Gasteiger partial charge is 0.221 e. The average molecular weight is 223 g/mol. The molecule has 0 aromatic rings. The summed E-state index contributed by atoms with van der Waals surface area (Å²) in [5.74, 6) is 0.435. The van der Waals surface area contributed by atoms with Crippen LogP contribution in [0.4, 0.5) is 0 Å². The molecule has 3 nitrogen and oxygen atoms in total. The van der Waals surface area contributed by atoms with E-state index in [2.05, 4.69) is 19.2 Å². The van der Waals surface area contributed by atoms with Crippen LogP contribution in [0.2, 0.25) is 0 Å². The van der Waals surface area contributed by atoms with Gasteiger partial charge in [-0.15, -0.1) is 0 Å². The molecule has 0 aliphatic heterocycles. The Labute approximate surface area is 97.2 Å². The number of carbonyl (C=O) groups excluding carboxylic acids is 1. The predicted molar refractivity (Wildman–Crippen MR) is 65.0 cm³/mol. The lowest BCUT2D eigenvalue weighted by Crippen LogP contribution is -2.21. The summed E-state index contributed by atoms with van der Waals surface area (Å²) in [5.41, 5.74) is 0.909. The van der Waals surface area contributed by atoms with Crippen molar-refractivity contribution < 1.29 is 9.90 Å². The summed E-state index contributed by atoms with van der Waals surface area (Å²) in [6, 6.07) is 0. The molecular weight excluding hydrogens is 202 g/mol. The van der Waals surface area contributed by atoms with Crippen LogP contribution in [-0.4, -0.2) is 17.9 Å². The fraction of sp³-hybridized carbons (Fsp3) is 0.615. The van der Waals surface area contributed by atoms with Crippen LogP contribution in [0.15, 0.2) is 23.6 Å². The Morgan fingerprint density at radius 2 is 2.19 bits per heavy atom. The number of aliphatic hydroxyl groups excluding tert-OH is 1. The van der Waals surface area contributed by atoms with Gasteiger partial charge in [0.25, 0.3) is 0 Å². The predicted octanol–water partition coefficient (Wildman–Crippen LogP) is 2.56. The summed E-state index contributed by atoms with van der Waals surface area (Å²) >= 11 is 0. The van der Waals surface area contributed by atoms with Crippen LogP contribution < -0.4 is 5.32 Å². The van der Waals surface area contributed by atoms with Crippen molar-refractivity contribution in [2.24, 2.45) is 11.8 Å². The third-order valence-electron chi connectivity index (χ3n) is 2.88. The second-order valence-corrected chi connectivity index (χ2v) is 4.70. The SMILES string of the molecule is CNC1=CC(=O)C(O)=CC1CCCC(C)C. The number of ketones is 1. The Hall–Kier alpha value is -1.25. The van der Waals surface area contributed by atoms with Gasteiger partial charge in [0.05, 0.1) is 0 Å². The maximum atomic E-state index is 11.3. The van der Waals surface area contributed by atoms with Crippen LogP contribution >= 0.6 is 0 Å². The van der Waals surface area contributed by atoms with Gasteiger partial charge < -0.3 is 10.4 Å². The molecule has 0 bridgehead atoms. The fourth-order valence-electron chi connectivity index (χ4n) is 1.93. The van der Waals surface area contributed by atoms with Gasteiger partial charge in [0.2, 0.25) is 5.78 Å². The van der Waals surface area contributed by atoms with E-state index in [4.69, 9.17) is 0 Å². The number of nitrogens with one attached hydrogen (secondary N) is 1. The Balaban J connectivity index is 2.57. The molecule has 0 saturated carbocycles. The van der Waals surface area contributed by atoms with Crippen molar-refractivity contribution in [2.45, 2.75) is 33.1 Å². The molecule has 0 saturated heterocycles. The topological polar surface area (TPSA) is 49.3 Å². The Morgan fingerprint density at radius 3 is 2.75 bits per heavy atom. The minimum Gasteiger partial charge on any atom is -0.504 e. The van der Waals surface area contributed by atoms with Gasteiger partial charge in [-0.2, -0.15) is 0 Å². The molecule has 0 fully saturated rings. The maximum absolute atomic E-state index is 11.3. The molecule has 90 valence electrons. The minimum atomic E-state index is -0.301. The molecule has 0 spiro atoms. The maximum Gasteiger partial charge on any atom is 0.221 e. The third-order valence-corrected chi connectivity index (χ3v) is 2.88. The van der Waals surface area contributed by atoms with Crippen molar-refractivity contribution in [3.8, 4) is 0 Å². The zero-order valence-electron chi connectivity index (χ0n) is 10.3. The van der Waals surface area contributed by atoms with Crippen LogP contribution in [0, 0.1) is 11.8 Å². The summed E-state index contributed by atoms with van der Waals surface area (Å²) in [7, 11) is 1.81. The van der Waals surface area contributed by atoms with Gasteiger partial charge in [0, 0.05) is 24.7 Å². The van der Waals surface area contributed by atoms with Crippen molar-refractivity contribution in [3.63, 3.8) is 0 Å². The second kappa shape index (κ2) is 5.73. The van der Waals surface area contributed by atoms with Gasteiger partial charge in [0.15, 0.2) is 5.76 Å². The number of hydrogen-bond donors (Lipinski definition) is 2. The molecule has 1 rings (SSSR count). The van der Waals surface area contributed by atoms with Gasteiger partial charge >= 0.3 is 0 Å². The molecular formula is C13H21NO2. The molecule has 1 aliphatic carbocycles. The number of rotatable bonds is 5. The molecule has 0 aromatic carbocycles. The Kier molecular flexibility index (Phi) is 4.59.